The summed E-state index contributed by atoms with van der Waals surface area (Å²) in [5.74, 6) is -1.48. The Hall–Kier alpha value is -5.45. The smallest absolute Gasteiger partial charge is 0.262 e. The number of nitrogens with one attached hydrogen (secondary N) is 4. The van der Waals surface area contributed by atoms with E-state index in [0.29, 0.717) is 44.5 Å². The molecule has 320 valence electrons. The van der Waals surface area contributed by atoms with Crippen molar-refractivity contribution < 1.29 is 28.7 Å². The maximum absolute atomic E-state index is 13.4. The lowest BCUT2D eigenvalue weighted by atomic mass is 9.49. The zero-order valence-corrected chi connectivity index (χ0v) is 36.0. The Balaban J connectivity index is 0.750. The van der Waals surface area contributed by atoms with E-state index in [-0.39, 0.29) is 47.6 Å². The van der Waals surface area contributed by atoms with E-state index in [2.05, 4.69) is 59.9 Å². The molecule has 1 atom stereocenters. The van der Waals surface area contributed by atoms with Gasteiger partial charge in [0, 0.05) is 78.5 Å². The third-order valence-corrected chi connectivity index (χ3v) is 14.4. The molecule has 3 aromatic carbocycles. The summed E-state index contributed by atoms with van der Waals surface area (Å²) in [4.78, 5) is 67.3. The minimum Gasteiger partial charge on any atom is -0.489 e. The molecule has 14 heteroatoms. The predicted molar refractivity (Wildman–Crippen MR) is 232 cm³/mol. The number of benzene rings is 3. The Kier molecular flexibility index (Phi) is 11.4. The summed E-state index contributed by atoms with van der Waals surface area (Å²) in [6.45, 7) is 11.7. The molecule has 0 radical (unpaired) electrons. The zero-order valence-electron chi connectivity index (χ0n) is 35.2. The van der Waals surface area contributed by atoms with Crippen LogP contribution in [-0.2, 0) is 9.59 Å². The highest BCUT2D eigenvalue weighted by Crippen LogP contribution is 2.55. The van der Waals surface area contributed by atoms with Gasteiger partial charge in [-0.3, -0.25) is 34.2 Å². The molecule has 61 heavy (non-hydrogen) atoms. The van der Waals surface area contributed by atoms with Crippen LogP contribution < -0.4 is 30.9 Å². The summed E-state index contributed by atoms with van der Waals surface area (Å²) in [5.41, 5.74) is 3.10. The Morgan fingerprint density at radius 2 is 1.56 bits per heavy atom. The molecule has 2 saturated carbocycles. The fraction of sp³-hybridized carbons (Fsp3) is 0.489. The van der Waals surface area contributed by atoms with Crippen molar-refractivity contribution in [2.45, 2.75) is 103 Å². The van der Waals surface area contributed by atoms with Gasteiger partial charge in [-0.1, -0.05) is 39.3 Å². The normalized spacial score (nSPS) is 24.1. The number of nitriles is 1. The fourth-order valence-corrected chi connectivity index (χ4v) is 11.1. The second-order valence-electron chi connectivity index (χ2n) is 18.7. The van der Waals surface area contributed by atoms with Gasteiger partial charge in [-0.25, -0.2) is 0 Å². The molecule has 5 amide bonds. The first-order valence-corrected chi connectivity index (χ1v) is 21.8. The number of fused-ring (bicyclic) bond motifs is 1. The fourth-order valence-electron chi connectivity index (χ4n) is 10.9. The highest BCUT2D eigenvalue weighted by molar-refractivity contribution is 6.31. The van der Waals surface area contributed by atoms with E-state index in [1.165, 1.54) is 12.8 Å². The van der Waals surface area contributed by atoms with E-state index in [1.54, 1.807) is 30.3 Å². The van der Waals surface area contributed by atoms with Gasteiger partial charge in [0.1, 0.15) is 24.0 Å². The quantitative estimate of drug-likeness (QED) is 0.124. The number of nitrogens with zero attached hydrogens (tertiary/aromatic N) is 3. The summed E-state index contributed by atoms with van der Waals surface area (Å²) < 4.78 is 6.37. The van der Waals surface area contributed by atoms with Crippen molar-refractivity contribution in [2.75, 3.05) is 36.4 Å². The minimum absolute atomic E-state index is 0.0951. The van der Waals surface area contributed by atoms with Crippen molar-refractivity contribution >= 4 is 52.5 Å². The van der Waals surface area contributed by atoms with E-state index in [9.17, 15) is 29.2 Å². The Bertz CT molecular complexity index is 2270. The van der Waals surface area contributed by atoms with Crippen LogP contribution in [0.1, 0.15) is 116 Å². The van der Waals surface area contributed by atoms with Crippen molar-refractivity contribution in [2.24, 2.45) is 16.2 Å². The summed E-state index contributed by atoms with van der Waals surface area (Å²) in [5, 5.41) is 22.3. The second kappa shape index (κ2) is 16.4. The van der Waals surface area contributed by atoms with E-state index < -0.39 is 23.8 Å². The third-order valence-electron chi connectivity index (χ3n) is 14.1. The molecule has 0 aromatic heterocycles. The number of halogens is 1. The number of imide groups is 2. The molecule has 4 N–H and O–H groups in total. The Morgan fingerprint density at radius 1 is 0.869 bits per heavy atom. The largest absolute Gasteiger partial charge is 0.489 e. The van der Waals surface area contributed by atoms with Gasteiger partial charge in [0.05, 0.1) is 21.7 Å². The first-order chi connectivity index (χ1) is 29.1. The maximum Gasteiger partial charge on any atom is 0.262 e. The lowest BCUT2D eigenvalue weighted by Gasteiger charge is -2.63. The van der Waals surface area contributed by atoms with Crippen LogP contribution in [0.2, 0.25) is 5.02 Å². The number of hydrogen-bond donors (Lipinski definition) is 4. The molecule has 1 unspecified atom stereocenters. The number of rotatable bonds is 11. The van der Waals surface area contributed by atoms with E-state index in [1.807, 2.05) is 30.3 Å². The van der Waals surface area contributed by atoms with Crippen LogP contribution in [0, 0.1) is 27.6 Å². The highest BCUT2D eigenvalue weighted by Gasteiger charge is 2.64. The molecule has 5 aliphatic rings. The Labute approximate surface area is 361 Å². The van der Waals surface area contributed by atoms with Gasteiger partial charge in [0.15, 0.2) is 0 Å². The lowest BCUT2D eigenvalue weighted by molar-refractivity contribution is -0.164. The number of ether oxygens (including phenoxy) is 1. The molecular weight excluding hydrogens is 794 g/mol. The van der Waals surface area contributed by atoms with Crippen molar-refractivity contribution in [3.63, 3.8) is 0 Å². The average Bonchev–Trinajstić information content (AvgIpc) is 3.49. The SMILES string of the molecule is CC1(C)[C@H](NC(=O)c2ccc(NCCNC3CCC4(CC3)CCN(c3ccc5c(c3)C(=O)N(C3CCC(=O)NC3=O)C5=O)CC4)cc2)C(C)(C)[C@H]1Oc1ccc(C#N)c(Cl)c1. The van der Waals surface area contributed by atoms with Gasteiger partial charge < -0.3 is 25.6 Å². The molecule has 0 bridgehead atoms. The molecule has 1 spiro atoms. The van der Waals surface area contributed by atoms with Crippen LogP contribution >= 0.6 is 11.6 Å². The van der Waals surface area contributed by atoms with Crippen molar-refractivity contribution in [1.29, 1.82) is 5.26 Å². The second-order valence-corrected chi connectivity index (χ2v) is 19.1. The Morgan fingerprint density at radius 3 is 2.21 bits per heavy atom. The molecule has 3 heterocycles. The van der Waals surface area contributed by atoms with Crippen LogP contribution in [-0.4, -0.2) is 84.8 Å². The number of carbonyl (C=O) groups excluding carboxylic acids is 5. The van der Waals surface area contributed by atoms with Crippen LogP contribution in [0.3, 0.4) is 0 Å². The zero-order chi connectivity index (χ0) is 43.3. The average molecular weight is 848 g/mol. The van der Waals surface area contributed by atoms with Gasteiger partial charge in [0.25, 0.3) is 17.7 Å². The first kappa shape index (κ1) is 42.2. The molecule has 3 aliphatic heterocycles. The molecule has 2 aliphatic carbocycles. The van der Waals surface area contributed by atoms with Crippen molar-refractivity contribution in [1.82, 2.24) is 20.9 Å². The highest BCUT2D eigenvalue weighted by atomic mass is 35.5. The van der Waals surface area contributed by atoms with E-state index >= 15 is 0 Å². The summed E-state index contributed by atoms with van der Waals surface area (Å²) in [6, 6.07) is 19.5. The van der Waals surface area contributed by atoms with Crippen molar-refractivity contribution in [3.8, 4) is 11.8 Å². The van der Waals surface area contributed by atoms with E-state index in [4.69, 9.17) is 16.3 Å². The van der Waals surface area contributed by atoms with Gasteiger partial charge in [0.2, 0.25) is 11.8 Å². The van der Waals surface area contributed by atoms with Crippen LogP contribution in [0.25, 0.3) is 0 Å². The molecule has 2 saturated heterocycles. The maximum atomic E-state index is 13.4. The number of carbonyl (C=O) groups is 5. The summed E-state index contributed by atoms with van der Waals surface area (Å²) in [7, 11) is 0. The molecule has 13 nitrogen and oxygen atoms in total. The van der Waals surface area contributed by atoms with Crippen molar-refractivity contribution in [3.05, 3.63) is 87.9 Å². The van der Waals surface area contributed by atoms with Gasteiger partial charge in [-0.15, -0.1) is 0 Å². The minimum atomic E-state index is -0.968. The van der Waals surface area contributed by atoms with Gasteiger partial charge in [-0.05, 0) is 105 Å². The van der Waals surface area contributed by atoms with Crippen LogP contribution in [0.15, 0.2) is 60.7 Å². The number of piperidine rings is 2. The lowest BCUT2D eigenvalue weighted by Crippen LogP contribution is -2.74. The molecular formula is C47H54ClN7O6. The molecule has 3 aromatic rings. The molecule has 4 fully saturated rings. The predicted octanol–water partition coefficient (Wildman–Crippen LogP) is 6.46. The van der Waals surface area contributed by atoms with Crippen LogP contribution in [0.4, 0.5) is 11.4 Å². The standard InChI is InChI=1S/C47H54ClN7O6/c1-45(2)43(46(3,4)44(45)61-33-11-7-29(27-49)36(48)26-33)53-39(57)28-5-8-30(9-6-28)50-21-22-51-31-15-17-47(18-16-31)19-23-54(24-20-47)32-10-12-34-35(25-32)42(60)55(41(34)59)37-13-14-38(56)52-40(37)58/h5-12,25-26,31,37,43-44,50-51H,13-24H2,1-4H3,(H,53,57)(H,52,56,58)/t37?,43-,44-. The summed E-state index contributed by atoms with van der Waals surface area (Å²) in [6.07, 6.45) is 6.79. The van der Waals surface area contributed by atoms with Gasteiger partial charge in [-0.2, -0.15) is 5.26 Å². The monoisotopic (exact) mass is 847 g/mol. The number of anilines is 2. The van der Waals surface area contributed by atoms with Gasteiger partial charge >= 0.3 is 0 Å². The first-order valence-electron chi connectivity index (χ1n) is 21.5. The topological polar surface area (TPSA) is 173 Å². The van der Waals surface area contributed by atoms with E-state index in [0.717, 1.165) is 68.1 Å². The number of hydrogen-bond acceptors (Lipinski definition) is 10. The van der Waals surface area contributed by atoms with Crippen LogP contribution in [0.5, 0.6) is 5.75 Å². The summed E-state index contributed by atoms with van der Waals surface area (Å²) >= 11 is 6.24. The molecule has 8 rings (SSSR count). The third kappa shape index (κ3) is 8.08. The number of amides is 5.